The first kappa shape index (κ1) is 8.38. The van der Waals surface area contributed by atoms with Gasteiger partial charge < -0.3 is 0 Å². The third kappa shape index (κ3) is 1.60. The molecule has 78 valence electrons. The van der Waals surface area contributed by atoms with Crippen molar-refractivity contribution in [1.29, 1.82) is 0 Å². The van der Waals surface area contributed by atoms with E-state index in [0.29, 0.717) is 0 Å². The SMILES string of the molecule is c1c(C2CC2)cc(C2CC2)cc1C1CC1. The van der Waals surface area contributed by atoms with E-state index in [9.17, 15) is 0 Å². The van der Waals surface area contributed by atoms with Gasteiger partial charge in [-0.3, -0.25) is 0 Å². The zero-order valence-electron chi connectivity index (χ0n) is 9.21. The number of benzene rings is 1. The Kier molecular flexibility index (Phi) is 1.60. The van der Waals surface area contributed by atoms with Gasteiger partial charge in [-0.1, -0.05) is 18.2 Å². The molecule has 3 fully saturated rings. The fourth-order valence-electron chi connectivity index (χ4n) is 2.66. The van der Waals surface area contributed by atoms with Crippen LogP contribution >= 0.6 is 0 Å². The molecule has 0 unspecified atom stereocenters. The van der Waals surface area contributed by atoms with E-state index in [1.807, 2.05) is 0 Å². The molecule has 0 N–H and O–H groups in total. The lowest BCUT2D eigenvalue weighted by Gasteiger charge is -2.08. The van der Waals surface area contributed by atoms with Crippen molar-refractivity contribution >= 4 is 0 Å². The molecule has 0 amide bonds. The molecule has 0 atom stereocenters. The highest BCUT2D eigenvalue weighted by Gasteiger charge is 2.31. The van der Waals surface area contributed by atoms with Crippen LogP contribution in [0, 0.1) is 0 Å². The first-order chi connectivity index (χ1) is 7.40. The van der Waals surface area contributed by atoms with Crippen molar-refractivity contribution in [1.82, 2.24) is 0 Å². The Morgan fingerprint density at radius 3 is 1.00 bits per heavy atom. The Morgan fingerprint density at radius 1 is 0.533 bits per heavy atom. The van der Waals surface area contributed by atoms with Gasteiger partial charge in [0.05, 0.1) is 0 Å². The third-order valence-corrected chi connectivity index (χ3v) is 4.15. The summed E-state index contributed by atoms with van der Waals surface area (Å²) < 4.78 is 0. The van der Waals surface area contributed by atoms with Crippen molar-refractivity contribution in [2.24, 2.45) is 0 Å². The van der Waals surface area contributed by atoms with Gasteiger partial charge in [-0.15, -0.1) is 0 Å². The predicted octanol–water partition coefficient (Wildman–Crippen LogP) is 4.32. The van der Waals surface area contributed by atoms with Crippen molar-refractivity contribution < 1.29 is 0 Å². The van der Waals surface area contributed by atoms with Crippen LogP contribution in [-0.2, 0) is 0 Å². The van der Waals surface area contributed by atoms with Crippen molar-refractivity contribution in [3.05, 3.63) is 34.9 Å². The number of hydrogen-bond acceptors (Lipinski definition) is 0. The van der Waals surface area contributed by atoms with Crippen LogP contribution in [0.25, 0.3) is 0 Å². The molecule has 15 heavy (non-hydrogen) atoms. The highest BCUT2D eigenvalue weighted by Crippen LogP contribution is 2.48. The van der Waals surface area contributed by atoms with E-state index in [4.69, 9.17) is 0 Å². The van der Waals surface area contributed by atoms with Crippen molar-refractivity contribution in [2.45, 2.75) is 56.3 Å². The van der Waals surface area contributed by atoms with Gasteiger partial charge in [0.25, 0.3) is 0 Å². The molecule has 4 rings (SSSR count). The van der Waals surface area contributed by atoms with Gasteiger partial charge >= 0.3 is 0 Å². The van der Waals surface area contributed by atoms with E-state index < -0.39 is 0 Å². The minimum Gasteiger partial charge on any atom is -0.0552 e. The molecule has 3 saturated carbocycles. The average Bonchev–Trinajstić information content (AvgIpc) is 3.20. The highest BCUT2D eigenvalue weighted by molar-refractivity contribution is 5.40. The zero-order chi connectivity index (χ0) is 9.83. The van der Waals surface area contributed by atoms with Gasteiger partial charge in [0, 0.05) is 0 Å². The Bertz CT molecular complexity index is 318. The summed E-state index contributed by atoms with van der Waals surface area (Å²) in [6.07, 6.45) is 8.66. The molecule has 0 radical (unpaired) electrons. The van der Waals surface area contributed by atoms with Gasteiger partial charge in [-0.2, -0.15) is 0 Å². The standard InChI is InChI=1S/C15H18/c1-2-10(1)13-7-14(11-3-4-11)9-15(8-13)12-5-6-12/h7-12H,1-6H2. The third-order valence-electron chi connectivity index (χ3n) is 4.15. The first-order valence-corrected chi connectivity index (χ1v) is 6.55. The van der Waals surface area contributed by atoms with Gasteiger partial charge in [-0.25, -0.2) is 0 Å². The van der Waals surface area contributed by atoms with E-state index in [2.05, 4.69) is 18.2 Å². The van der Waals surface area contributed by atoms with Gasteiger partial charge in [0.2, 0.25) is 0 Å². The Labute approximate surface area is 91.7 Å². The summed E-state index contributed by atoms with van der Waals surface area (Å²) in [5.41, 5.74) is 5.00. The van der Waals surface area contributed by atoms with Crippen LogP contribution in [0.15, 0.2) is 18.2 Å². The van der Waals surface area contributed by atoms with Crippen molar-refractivity contribution in [3.63, 3.8) is 0 Å². The van der Waals surface area contributed by atoms with Crippen LogP contribution in [0.1, 0.15) is 73.0 Å². The van der Waals surface area contributed by atoms with E-state index in [-0.39, 0.29) is 0 Å². The van der Waals surface area contributed by atoms with E-state index in [0.717, 1.165) is 17.8 Å². The summed E-state index contributed by atoms with van der Waals surface area (Å²) in [5.74, 6) is 2.79. The lowest BCUT2D eigenvalue weighted by Crippen LogP contribution is -1.90. The second-order valence-electron chi connectivity index (χ2n) is 5.76. The number of rotatable bonds is 3. The van der Waals surface area contributed by atoms with Crippen LogP contribution in [0.4, 0.5) is 0 Å². The van der Waals surface area contributed by atoms with Crippen LogP contribution in [0.5, 0.6) is 0 Å². The second kappa shape index (κ2) is 2.87. The average molecular weight is 198 g/mol. The molecule has 0 saturated heterocycles. The zero-order valence-corrected chi connectivity index (χ0v) is 9.21. The van der Waals surface area contributed by atoms with Gasteiger partial charge in [0.1, 0.15) is 0 Å². The fourth-order valence-corrected chi connectivity index (χ4v) is 2.66. The predicted molar refractivity (Wildman–Crippen MR) is 62.4 cm³/mol. The Hall–Kier alpha value is -0.780. The van der Waals surface area contributed by atoms with Crippen LogP contribution in [0.2, 0.25) is 0 Å². The van der Waals surface area contributed by atoms with Crippen molar-refractivity contribution in [3.8, 4) is 0 Å². The fraction of sp³-hybridized carbons (Fsp3) is 0.600. The maximum Gasteiger partial charge on any atom is -0.0161 e. The summed E-state index contributed by atoms with van der Waals surface area (Å²) >= 11 is 0. The monoisotopic (exact) mass is 198 g/mol. The topological polar surface area (TPSA) is 0 Å². The summed E-state index contributed by atoms with van der Waals surface area (Å²) in [7, 11) is 0. The van der Waals surface area contributed by atoms with E-state index in [1.165, 1.54) is 38.5 Å². The molecule has 0 aromatic heterocycles. The highest BCUT2D eigenvalue weighted by atomic mass is 14.4. The quantitative estimate of drug-likeness (QED) is 0.678. The van der Waals surface area contributed by atoms with Crippen LogP contribution in [0.3, 0.4) is 0 Å². The molecule has 0 nitrogen and oxygen atoms in total. The Balaban J connectivity index is 1.76. The molecule has 3 aliphatic carbocycles. The van der Waals surface area contributed by atoms with Crippen molar-refractivity contribution in [2.75, 3.05) is 0 Å². The molecular weight excluding hydrogens is 180 g/mol. The van der Waals surface area contributed by atoms with Gasteiger partial charge in [-0.05, 0) is 73.0 Å². The molecule has 1 aromatic carbocycles. The maximum atomic E-state index is 2.52. The van der Waals surface area contributed by atoms with E-state index >= 15 is 0 Å². The molecule has 0 heterocycles. The maximum absolute atomic E-state index is 2.52. The lowest BCUT2D eigenvalue weighted by molar-refractivity contribution is 1.03. The van der Waals surface area contributed by atoms with Gasteiger partial charge in [0.15, 0.2) is 0 Å². The Morgan fingerprint density at radius 2 is 0.800 bits per heavy atom. The smallest absolute Gasteiger partial charge is 0.0161 e. The molecule has 0 aliphatic heterocycles. The first-order valence-electron chi connectivity index (χ1n) is 6.55. The molecule has 3 aliphatic rings. The molecular formula is C15H18. The second-order valence-corrected chi connectivity index (χ2v) is 5.76. The molecule has 0 heteroatoms. The summed E-state index contributed by atoms with van der Waals surface area (Å²) in [6, 6.07) is 7.55. The lowest BCUT2D eigenvalue weighted by atomic mass is 9.98. The summed E-state index contributed by atoms with van der Waals surface area (Å²) in [4.78, 5) is 0. The molecule has 0 bridgehead atoms. The largest absolute Gasteiger partial charge is 0.0552 e. The minimum atomic E-state index is 0.932. The van der Waals surface area contributed by atoms with Crippen LogP contribution < -0.4 is 0 Å². The minimum absolute atomic E-state index is 0.932. The normalized spacial score (nSPS) is 25.6. The van der Waals surface area contributed by atoms with Crippen LogP contribution in [-0.4, -0.2) is 0 Å². The molecule has 0 spiro atoms. The molecule has 1 aromatic rings. The summed E-state index contributed by atoms with van der Waals surface area (Å²) in [5, 5.41) is 0. The summed E-state index contributed by atoms with van der Waals surface area (Å²) in [6.45, 7) is 0. The number of hydrogen-bond donors (Lipinski definition) is 0. The van der Waals surface area contributed by atoms with E-state index in [1.54, 1.807) is 16.7 Å².